The standard InChI is InChI=1S/C25H19IN2O2/c26-19-13-14-23(22(15-19)24(29)27-16-17-7-2-1-3-8-17)28-25(30)21-12-6-10-18-9-4-5-11-20(18)21/h1-15H,16H2,(H,27,29)(H,28,30). The molecule has 0 heterocycles. The minimum absolute atomic E-state index is 0.231. The van der Waals surface area contributed by atoms with Crippen molar-refractivity contribution in [2.75, 3.05) is 5.32 Å². The highest BCUT2D eigenvalue weighted by Crippen LogP contribution is 2.23. The van der Waals surface area contributed by atoms with Crippen molar-refractivity contribution in [2.24, 2.45) is 0 Å². The molecule has 0 fully saturated rings. The van der Waals surface area contributed by atoms with Crippen LogP contribution in [0.1, 0.15) is 26.3 Å². The monoisotopic (exact) mass is 506 g/mol. The Morgan fingerprint density at radius 2 is 1.47 bits per heavy atom. The van der Waals surface area contributed by atoms with Crippen molar-refractivity contribution in [2.45, 2.75) is 6.54 Å². The lowest BCUT2D eigenvalue weighted by atomic mass is 10.0. The van der Waals surface area contributed by atoms with Gasteiger partial charge >= 0.3 is 0 Å². The van der Waals surface area contributed by atoms with Crippen LogP contribution in [0.3, 0.4) is 0 Å². The molecule has 0 atom stereocenters. The van der Waals surface area contributed by atoms with Crippen LogP contribution < -0.4 is 10.6 Å². The number of hydrogen-bond donors (Lipinski definition) is 2. The fourth-order valence-corrected chi connectivity index (χ4v) is 3.79. The van der Waals surface area contributed by atoms with Crippen LogP contribution in [-0.2, 0) is 6.54 Å². The van der Waals surface area contributed by atoms with Gasteiger partial charge in [-0.25, -0.2) is 0 Å². The fraction of sp³-hybridized carbons (Fsp3) is 0.0400. The number of anilines is 1. The molecule has 30 heavy (non-hydrogen) atoms. The van der Waals surface area contributed by atoms with E-state index in [-0.39, 0.29) is 11.8 Å². The number of nitrogens with one attached hydrogen (secondary N) is 2. The minimum atomic E-state index is -0.245. The molecule has 0 radical (unpaired) electrons. The average Bonchev–Trinajstić information content (AvgIpc) is 2.79. The Kier molecular flexibility index (Phi) is 6.09. The number of rotatable bonds is 5. The molecule has 2 N–H and O–H groups in total. The van der Waals surface area contributed by atoms with Gasteiger partial charge in [0, 0.05) is 15.7 Å². The molecule has 0 aliphatic rings. The first-order valence-corrected chi connectivity index (χ1v) is 10.6. The van der Waals surface area contributed by atoms with Gasteiger partial charge in [0.15, 0.2) is 0 Å². The van der Waals surface area contributed by atoms with Crippen molar-refractivity contribution >= 4 is 50.9 Å². The van der Waals surface area contributed by atoms with Crippen LogP contribution in [0, 0.1) is 3.57 Å². The lowest BCUT2D eigenvalue weighted by molar-refractivity contribution is 0.0951. The van der Waals surface area contributed by atoms with Gasteiger partial charge in [0.25, 0.3) is 11.8 Å². The maximum absolute atomic E-state index is 13.0. The third kappa shape index (κ3) is 4.52. The molecule has 148 valence electrons. The number of carbonyl (C=O) groups excluding carboxylic acids is 2. The van der Waals surface area contributed by atoms with Crippen molar-refractivity contribution in [3.05, 3.63) is 111 Å². The first-order chi connectivity index (χ1) is 14.6. The third-order valence-electron chi connectivity index (χ3n) is 4.80. The molecule has 0 saturated carbocycles. The van der Waals surface area contributed by atoms with Gasteiger partial charge in [-0.2, -0.15) is 0 Å². The van der Waals surface area contributed by atoms with E-state index in [1.165, 1.54) is 0 Å². The summed E-state index contributed by atoms with van der Waals surface area (Å²) in [5, 5.41) is 7.72. The van der Waals surface area contributed by atoms with Crippen LogP contribution in [0.4, 0.5) is 5.69 Å². The highest BCUT2D eigenvalue weighted by molar-refractivity contribution is 14.1. The van der Waals surface area contributed by atoms with Crippen LogP contribution >= 0.6 is 22.6 Å². The normalized spacial score (nSPS) is 10.6. The van der Waals surface area contributed by atoms with Crippen LogP contribution in [0.25, 0.3) is 10.8 Å². The second-order valence-corrected chi connectivity index (χ2v) is 8.08. The van der Waals surface area contributed by atoms with E-state index in [0.29, 0.717) is 23.4 Å². The van der Waals surface area contributed by atoms with Gasteiger partial charge in [-0.1, -0.05) is 66.7 Å². The Morgan fingerprint density at radius 3 is 2.30 bits per heavy atom. The van der Waals surface area contributed by atoms with Crippen LogP contribution in [0.2, 0.25) is 0 Å². The number of amides is 2. The number of fused-ring (bicyclic) bond motifs is 1. The second-order valence-electron chi connectivity index (χ2n) is 6.84. The molecule has 0 unspecified atom stereocenters. The molecule has 0 saturated heterocycles. The molecule has 0 aliphatic heterocycles. The quantitative estimate of drug-likeness (QED) is 0.345. The highest BCUT2D eigenvalue weighted by Gasteiger charge is 2.16. The van der Waals surface area contributed by atoms with E-state index in [1.807, 2.05) is 72.8 Å². The molecule has 5 heteroatoms. The van der Waals surface area contributed by atoms with E-state index in [2.05, 4.69) is 33.2 Å². The fourth-order valence-electron chi connectivity index (χ4n) is 3.30. The van der Waals surface area contributed by atoms with Crippen molar-refractivity contribution in [3.63, 3.8) is 0 Å². The molecule has 4 aromatic rings. The first-order valence-electron chi connectivity index (χ1n) is 9.52. The zero-order valence-electron chi connectivity index (χ0n) is 16.1. The van der Waals surface area contributed by atoms with Crippen molar-refractivity contribution in [1.29, 1.82) is 0 Å². The van der Waals surface area contributed by atoms with E-state index in [4.69, 9.17) is 0 Å². The Hall–Kier alpha value is -3.19. The number of hydrogen-bond acceptors (Lipinski definition) is 2. The van der Waals surface area contributed by atoms with Crippen LogP contribution in [0.15, 0.2) is 91.0 Å². The van der Waals surface area contributed by atoms with E-state index in [9.17, 15) is 9.59 Å². The van der Waals surface area contributed by atoms with Crippen LogP contribution in [-0.4, -0.2) is 11.8 Å². The third-order valence-corrected chi connectivity index (χ3v) is 5.48. The average molecular weight is 506 g/mol. The molecular weight excluding hydrogens is 487 g/mol. The summed E-state index contributed by atoms with van der Waals surface area (Å²) in [6, 6.07) is 28.5. The van der Waals surface area contributed by atoms with Gasteiger partial charge in [0.1, 0.15) is 0 Å². The number of carbonyl (C=O) groups is 2. The van der Waals surface area contributed by atoms with Gasteiger partial charge < -0.3 is 10.6 Å². The van der Waals surface area contributed by atoms with Gasteiger partial charge in [-0.3, -0.25) is 9.59 Å². The Labute approximate surface area is 188 Å². The topological polar surface area (TPSA) is 58.2 Å². The molecule has 0 aliphatic carbocycles. The van der Waals surface area contributed by atoms with Gasteiger partial charge in [0.05, 0.1) is 11.3 Å². The van der Waals surface area contributed by atoms with Crippen LogP contribution in [0.5, 0.6) is 0 Å². The summed E-state index contributed by atoms with van der Waals surface area (Å²) >= 11 is 2.16. The molecular formula is C25H19IN2O2. The van der Waals surface area contributed by atoms with E-state index in [1.54, 1.807) is 18.2 Å². The number of halogens is 1. The summed E-state index contributed by atoms with van der Waals surface area (Å²) in [4.78, 5) is 25.9. The first kappa shape index (κ1) is 20.1. The molecule has 4 nitrogen and oxygen atoms in total. The maximum Gasteiger partial charge on any atom is 0.256 e. The summed E-state index contributed by atoms with van der Waals surface area (Å²) in [7, 11) is 0. The summed E-state index contributed by atoms with van der Waals surface area (Å²) in [6.07, 6.45) is 0. The SMILES string of the molecule is O=C(NCc1ccccc1)c1cc(I)ccc1NC(=O)c1cccc2ccccc12. The van der Waals surface area contributed by atoms with Crippen molar-refractivity contribution in [3.8, 4) is 0 Å². The Balaban J connectivity index is 1.58. The molecule has 2 amide bonds. The highest BCUT2D eigenvalue weighted by atomic mass is 127. The van der Waals surface area contributed by atoms with E-state index >= 15 is 0 Å². The summed E-state index contributed by atoms with van der Waals surface area (Å²) in [5.74, 6) is -0.476. The van der Waals surface area contributed by atoms with Gasteiger partial charge in [0.2, 0.25) is 0 Å². The lowest BCUT2D eigenvalue weighted by Crippen LogP contribution is -2.25. The molecule has 0 aromatic heterocycles. The smallest absolute Gasteiger partial charge is 0.256 e. The summed E-state index contributed by atoms with van der Waals surface area (Å²) < 4.78 is 0.917. The minimum Gasteiger partial charge on any atom is -0.348 e. The molecule has 4 rings (SSSR count). The predicted octanol–water partition coefficient (Wildman–Crippen LogP) is 5.63. The Morgan fingerprint density at radius 1 is 0.733 bits per heavy atom. The van der Waals surface area contributed by atoms with Crippen molar-refractivity contribution in [1.82, 2.24) is 5.32 Å². The van der Waals surface area contributed by atoms with E-state index < -0.39 is 0 Å². The van der Waals surface area contributed by atoms with Crippen molar-refractivity contribution < 1.29 is 9.59 Å². The zero-order valence-corrected chi connectivity index (χ0v) is 18.2. The lowest BCUT2D eigenvalue weighted by Gasteiger charge is -2.13. The molecule has 0 spiro atoms. The van der Waals surface area contributed by atoms with Gasteiger partial charge in [-0.05, 0) is 63.2 Å². The number of benzene rings is 4. The summed E-state index contributed by atoms with van der Waals surface area (Å²) in [5.41, 5.74) is 2.51. The van der Waals surface area contributed by atoms with E-state index in [0.717, 1.165) is 19.9 Å². The van der Waals surface area contributed by atoms with Gasteiger partial charge in [-0.15, -0.1) is 0 Å². The second kappa shape index (κ2) is 9.09. The molecule has 0 bridgehead atoms. The predicted molar refractivity (Wildman–Crippen MR) is 129 cm³/mol. The zero-order chi connectivity index (χ0) is 20.9. The largest absolute Gasteiger partial charge is 0.348 e. The Bertz CT molecular complexity index is 1220. The molecule has 4 aromatic carbocycles. The summed E-state index contributed by atoms with van der Waals surface area (Å²) in [6.45, 7) is 0.419. The maximum atomic E-state index is 13.0.